The fourth-order valence-electron chi connectivity index (χ4n) is 1.52. The number of hydroxylamine groups is 2. The van der Waals surface area contributed by atoms with Crippen molar-refractivity contribution in [2.24, 2.45) is 0 Å². The maximum Gasteiger partial charge on any atom is 0.435 e. The summed E-state index contributed by atoms with van der Waals surface area (Å²) >= 11 is 1.08. The molecule has 1 aromatic rings. The van der Waals surface area contributed by atoms with Gasteiger partial charge in [-0.05, 0) is 34.6 Å². The number of carboxylic acids is 1. The summed E-state index contributed by atoms with van der Waals surface area (Å²) in [6.07, 6.45) is -1.33. The Kier molecular flexibility index (Phi) is 5.72. The molecule has 3 N–H and O–H groups in total. The first kappa shape index (κ1) is 18.2. The molecule has 0 spiro atoms. The van der Waals surface area contributed by atoms with E-state index in [0.717, 1.165) is 11.3 Å². The number of carboxylic acid groups (broad SMARTS) is 1. The van der Waals surface area contributed by atoms with Crippen LogP contribution < -0.4 is 5.73 Å². The van der Waals surface area contributed by atoms with Gasteiger partial charge in [0.05, 0.1) is 11.8 Å². The van der Waals surface area contributed by atoms with Crippen molar-refractivity contribution in [2.75, 3.05) is 5.73 Å². The second kappa shape index (κ2) is 6.93. The molecule has 9 heteroatoms. The zero-order chi connectivity index (χ0) is 17.1. The van der Waals surface area contributed by atoms with Gasteiger partial charge in [-0.2, -0.15) is 5.06 Å². The molecule has 1 rings (SSSR count). The minimum absolute atomic E-state index is 0.113. The number of nitrogens with zero attached hydrogens (tertiary/aromatic N) is 2. The standard InChI is InChI=1S/C13H21N3O5S/c1-7(2)21-16(12(19)20-13(3,4)5)9(10(17)18)8-6-22-11(14)15-8/h6-7,9H,1-5H3,(H2,14,15)(H,17,18). The Balaban J connectivity index is 3.15. The molecule has 1 aromatic heterocycles. The molecule has 0 aliphatic rings. The molecule has 0 saturated heterocycles. The molecule has 1 amide bonds. The molecule has 1 unspecified atom stereocenters. The Morgan fingerprint density at radius 1 is 1.41 bits per heavy atom. The monoisotopic (exact) mass is 331 g/mol. The van der Waals surface area contributed by atoms with Crippen LogP contribution >= 0.6 is 11.3 Å². The molecule has 0 saturated carbocycles. The van der Waals surface area contributed by atoms with Gasteiger partial charge in [-0.1, -0.05) is 0 Å². The van der Waals surface area contributed by atoms with Gasteiger partial charge in [0, 0.05) is 5.38 Å². The molecule has 0 aliphatic heterocycles. The lowest BCUT2D eigenvalue weighted by Gasteiger charge is -2.30. The van der Waals surface area contributed by atoms with E-state index in [1.54, 1.807) is 34.6 Å². The lowest BCUT2D eigenvalue weighted by molar-refractivity contribution is -0.205. The second-order valence-corrected chi connectivity index (χ2v) is 6.70. The number of hydrogen-bond donors (Lipinski definition) is 2. The van der Waals surface area contributed by atoms with Crippen LogP contribution in [0.3, 0.4) is 0 Å². The predicted octanol–water partition coefficient (Wildman–Crippen LogP) is 2.43. The molecule has 0 fully saturated rings. The van der Waals surface area contributed by atoms with Crippen molar-refractivity contribution in [1.82, 2.24) is 10.0 Å². The molecule has 1 heterocycles. The first-order valence-electron chi connectivity index (χ1n) is 6.64. The minimum atomic E-state index is -1.44. The van der Waals surface area contributed by atoms with Crippen LogP contribution in [0, 0.1) is 0 Å². The number of ether oxygens (including phenoxy) is 1. The van der Waals surface area contributed by atoms with E-state index < -0.39 is 29.8 Å². The van der Waals surface area contributed by atoms with E-state index in [0.29, 0.717) is 5.06 Å². The third-order valence-corrected chi connectivity index (χ3v) is 2.88. The zero-order valence-electron chi connectivity index (χ0n) is 13.2. The van der Waals surface area contributed by atoms with Crippen molar-refractivity contribution in [2.45, 2.75) is 52.4 Å². The van der Waals surface area contributed by atoms with Crippen molar-refractivity contribution in [3.8, 4) is 0 Å². The van der Waals surface area contributed by atoms with E-state index in [9.17, 15) is 14.7 Å². The molecule has 0 aromatic carbocycles. The van der Waals surface area contributed by atoms with Crippen molar-refractivity contribution in [3.05, 3.63) is 11.1 Å². The third kappa shape index (κ3) is 5.15. The van der Waals surface area contributed by atoms with Crippen molar-refractivity contribution in [3.63, 3.8) is 0 Å². The van der Waals surface area contributed by atoms with Crippen LogP contribution in [-0.2, 0) is 14.4 Å². The third-order valence-electron chi connectivity index (χ3n) is 2.19. The summed E-state index contributed by atoms with van der Waals surface area (Å²) in [5, 5.41) is 11.8. The Labute approximate surface area is 132 Å². The van der Waals surface area contributed by atoms with Gasteiger partial charge < -0.3 is 15.6 Å². The summed E-state index contributed by atoms with van der Waals surface area (Å²) < 4.78 is 5.20. The van der Waals surface area contributed by atoms with E-state index in [1.807, 2.05) is 0 Å². The number of rotatable bonds is 5. The van der Waals surface area contributed by atoms with Crippen molar-refractivity contribution in [1.29, 1.82) is 0 Å². The smallest absolute Gasteiger partial charge is 0.435 e. The second-order valence-electron chi connectivity index (χ2n) is 5.81. The summed E-state index contributed by atoms with van der Waals surface area (Å²) in [6, 6.07) is -1.44. The number of nitrogens with two attached hydrogens (primary N) is 1. The van der Waals surface area contributed by atoms with Gasteiger partial charge in [-0.3, -0.25) is 4.84 Å². The van der Waals surface area contributed by atoms with Crippen LogP contribution in [-0.4, -0.2) is 38.9 Å². The van der Waals surface area contributed by atoms with Gasteiger partial charge in [0.1, 0.15) is 5.60 Å². The first-order chi connectivity index (χ1) is 10.0. The van der Waals surface area contributed by atoms with Crippen LogP contribution in [0.5, 0.6) is 0 Å². The van der Waals surface area contributed by atoms with Crippen molar-refractivity contribution >= 4 is 28.5 Å². The normalized spacial score (nSPS) is 13.0. The molecule has 0 radical (unpaired) electrons. The first-order valence-corrected chi connectivity index (χ1v) is 7.52. The number of carbonyl (C=O) groups excluding carboxylic acids is 1. The fourth-order valence-corrected chi connectivity index (χ4v) is 2.10. The van der Waals surface area contributed by atoms with Crippen LogP contribution in [0.15, 0.2) is 5.38 Å². The van der Waals surface area contributed by atoms with E-state index in [4.69, 9.17) is 15.3 Å². The average Bonchev–Trinajstić information content (AvgIpc) is 2.71. The largest absolute Gasteiger partial charge is 0.479 e. The van der Waals surface area contributed by atoms with Gasteiger partial charge in [0.25, 0.3) is 0 Å². The van der Waals surface area contributed by atoms with Crippen LogP contribution in [0.4, 0.5) is 9.93 Å². The number of anilines is 1. The maximum absolute atomic E-state index is 12.3. The maximum atomic E-state index is 12.3. The number of aromatic nitrogens is 1. The lowest BCUT2D eigenvalue weighted by atomic mass is 10.2. The number of aliphatic carboxylic acids is 1. The van der Waals surface area contributed by atoms with E-state index in [1.165, 1.54) is 5.38 Å². The van der Waals surface area contributed by atoms with Gasteiger partial charge in [0.2, 0.25) is 6.04 Å². The summed E-state index contributed by atoms with van der Waals surface area (Å²) in [5.41, 5.74) is 4.86. The number of thiazole rings is 1. The Morgan fingerprint density at radius 3 is 2.36 bits per heavy atom. The van der Waals surface area contributed by atoms with E-state index in [2.05, 4.69) is 4.98 Å². The van der Waals surface area contributed by atoms with Crippen LogP contribution in [0.2, 0.25) is 0 Å². The average molecular weight is 331 g/mol. The molecular formula is C13H21N3O5S. The molecule has 22 heavy (non-hydrogen) atoms. The SMILES string of the molecule is CC(C)ON(C(=O)OC(C)(C)C)C(C(=O)O)c1csc(N)n1. The molecule has 1 atom stereocenters. The molecule has 0 bridgehead atoms. The summed E-state index contributed by atoms with van der Waals surface area (Å²) in [4.78, 5) is 33.1. The fraction of sp³-hybridized carbons (Fsp3) is 0.615. The highest BCUT2D eigenvalue weighted by Crippen LogP contribution is 2.27. The molecular weight excluding hydrogens is 310 g/mol. The number of carbonyl (C=O) groups is 2. The van der Waals surface area contributed by atoms with E-state index >= 15 is 0 Å². The highest BCUT2D eigenvalue weighted by Gasteiger charge is 2.37. The predicted molar refractivity (Wildman–Crippen MR) is 81.2 cm³/mol. The number of hydrogen-bond acceptors (Lipinski definition) is 7. The van der Waals surface area contributed by atoms with Crippen molar-refractivity contribution < 1.29 is 24.3 Å². The molecule has 0 aliphatic carbocycles. The quantitative estimate of drug-likeness (QED) is 0.796. The Hall–Kier alpha value is -1.87. The van der Waals surface area contributed by atoms with Gasteiger partial charge in [0.15, 0.2) is 5.13 Å². The highest BCUT2D eigenvalue weighted by atomic mass is 32.1. The van der Waals surface area contributed by atoms with Gasteiger partial charge >= 0.3 is 12.1 Å². The Morgan fingerprint density at radius 2 is 2.00 bits per heavy atom. The minimum Gasteiger partial charge on any atom is -0.479 e. The summed E-state index contributed by atoms with van der Waals surface area (Å²) in [5.74, 6) is -1.29. The summed E-state index contributed by atoms with van der Waals surface area (Å²) in [6.45, 7) is 8.37. The Bertz CT molecular complexity index is 538. The zero-order valence-corrected chi connectivity index (χ0v) is 14.0. The van der Waals surface area contributed by atoms with E-state index in [-0.39, 0.29) is 10.8 Å². The number of amides is 1. The molecule has 124 valence electrons. The van der Waals surface area contributed by atoms with Crippen LogP contribution in [0.1, 0.15) is 46.4 Å². The lowest BCUT2D eigenvalue weighted by Crippen LogP contribution is -2.43. The summed E-state index contributed by atoms with van der Waals surface area (Å²) in [7, 11) is 0. The topological polar surface area (TPSA) is 115 Å². The molecule has 8 nitrogen and oxygen atoms in total. The van der Waals surface area contributed by atoms with Gasteiger partial charge in [-0.25, -0.2) is 14.6 Å². The number of nitrogen functional groups attached to an aromatic ring is 1. The highest BCUT2D eigenvalue weighted by molar-refractivity contribution is 7.13. The van der Waals surface area contributed by atoms with Gasteiger partial charge in [-0.15, -0.1) is 11.3 Å². The van der Waals surface area contributed by atoms with Crippen LogP contribution in [0.25, 0.3) is 0 Å².